The zero-order valence-electron chi connectivity index (χ0n) is 28.8. The molecule has 10 nitrogen and oxygen atoms in total. The number of fused-ring (bicyclic) bond motifs is 6. The third-order valence-corrected chi connectivity index (χ3v) is 9.76. The van der Waals surface area contributed by atoms with Crippen LogP contribution in [0.5, 0.6) is 17.2 Å². The van der Waals surface area contributed by atoms with Gasteiger partial charge in [-0.1, -0.05) is 30.7 Å². The van der Waals surface area contributed by atoms with Crippen LogP contribution in [-0.2, 0) is 22.4 Å². The van der Waals surface area contributed by atoms with Crippen molar-refractivity contribution in [1.82, 2.24) is 15.6 Å². The lowest BCUT2D eigenvalue weighted by Crippen LogP contribution is -2.30. The monoisotopic (exact) mass is 666 g/mol. The summed E-state index contributed by atoms with van der Waals surface area (Å²) in [5, 5.41) is 10.9. The lowest BCUT2D eigenvalue weighted by molar-refractivity contribution is -0.122. The predicted molar refractivity (Wildman–Crippen MR) is 192 cm³/mol. The Morgan fingerprint density at radius 2 is 1.69 bits per heavy atom. The average Bonchev–Trinajstić information content (AvgIpc) is 3.33. The van der Waals surface area contributed by atoms with Crippen LogP contribution in [0.3, 0.4) is 0 Å². The molecular formula is C39H46N4O6. The van der Waals surface area contributed by atoms with E-state index in [1.165, 1.54) is 17.9 Å². The first-order valence-electron chi connectivity index (χ1n) is 17.2. The van der Waals surface area contributed by atoms with Gasteiger partial charge in [0.15, 0.2) is 11.5 Å². The van der Waals surface area contributed by atoms with Gasteiger partial charge in [0.1, 0.15) is 0 Å². The third-order valence-electron chi connectivity index (χ3n) is 9.76. The molecule has 4 N–H and O–H groups in total. The summed E-state index contributed by atoms with van der Waals surface area (Å²) in [5.41, 5.74) is 7.22. The number of methoxy groups -OCH3 is 3. The number of ether oxygens (including phenoxy) is 3. The molecule has 0 radical (unpaired) electrons. The number of aromatic amines is 1. The number of amides is 2. The van der Waals surface area contributed by atoms with Gasteiger partial charge in [-0.3, -0.25) is 14.4 Å². The van der Waals surface area contributed by atoms with Crippen LogP contribution in [0.4, 0.5) is 5.69 Å². The molecular weight excluding hydrogens is 620 g/mol. The molecule has 49 heavy (non-hydrogen) atoms. The van der Waals surface area contributed by atoms with Gasteiger partial charge < -0.3 is 35.1 Å². The van der Waals surface area contributed by atoms with E-state index in [-0.39, 0.29) is 29.3 Å². The lowest BCUT2D eigenvalue weighted by atomic mass is 9.91. The second-order valence-corrected chi connectivity index (χ2v) is 12.9. The number of hydrogen-bond donors (Lipinski definition) is 4. The maximum Gasteiger partial charge on any atom is 0.220 e. The van der Waals surface area contributed by atoms with E-state index in [2.05, 4.69) is 39.1 Å². The molecule has 0 bridgehead atoms. The fourth-order valence-corrected chi connectivity index (χ4v) is 7.49. The highest BCUT2D eigenvalue weighted by molar-refractivity contribution is 5.86. The van der Waals surface area contributed by atoms with Crippen molar-refractivity contribution in [3.8, 4) is 28.4 Å². The minimum absolute atomic E-state index is 0.0232. The molecule has 4 aromatic rings. The molecule has 0 saturated heterocycles. The Morgan fingerprint density at radius 3 is 2.47 bits per heavy atom. The molecule has 258 valence electrons. The van der Waals surface area contributed by atoms with E-state index in [9.17, 15) is 14.4 Å². The number of nitrogens with one attached hydrogen (secondary N) is 4. The zero-order valence-corrected chi connectivity index (χ0v) is 28.8. The second kappa shape index (κ2) is 15.1. The van der Waals surface area contributed by atoms with Gasteiger partial charge in [0.2, 0.25) is 23.0 Å². The normalized spacial score (nSPS) is 16.4. The Hall–Kier alpha value is -4.99. The highest BCUT2D eigenvalue weighted by Gasteiger charge is 2.30. The molecule has 0 fully saturated rings. The number of unbranched alkanes of at least 4 members (excludes halogenated alkanes) is 2. The van der Waals surface area contributed by atoms with Gasteiger partial charge >= 0.3 is 0 Å². The van der Waals surface area contributed by atoms with Crippen LogP contribution in [0.2, 0.25) is 0 Å². The molecule has 1 aromatic heterocycles. The number of aromatic nitrogens is 1. The van der Waals surface area contributed by atoms with Crippen LogP contribution >= 0.6 is 0 Å². The summed E-state index contributed by atoms with van der Waals surface area (Å²) in [6, 6.07) is 15.3. The van der Waals surface area contributed by atoms with E-state index in [4.69, 9.17) is 14.2 Å². The van der Waals surface area contributed by atoms with Crippen molar-refractivity contribution in [3.05, 3.63) is 81.1 Å². The van der Waals surface area contributed by atoms with E-state index in [0.717, 1.165) is 72.0 Å². The number of benzene rings is 2. The van der Waals surface area contributed by atoms with Crippen LogP contribution in [0.1, 0.15) is 86.3 Å². The number of aryl methyl sites for hydroxylation is 2. The topological polar surface area (TPSA) is 131 Å². The van der Waals surface area contributed by atoms with Crippen molar-refractivity contribution in [1.29, 1.82) is 0 Å². The summed E-state index contributed by atoms with van der Waals surface area (Å²) < 4.78 is 17.2. The average molecular weight is 667 g/mol. The fourth-order valence-electron chi connectivity index (χ4n) is 7.49. The maximum atomic E-state index is 13.6. The van der Waals surface area contributed by atoms with Crippen molar-refractivity contribution in [2.75, 3.05) is 33.2 Å². The van der Waals surface area contributed by atoms with E-state index in [0.29, 0.717) is 48.7 Å². The minimum Gasteiger partial charge on any atom is -0.493 e. The first kappa shape index (κ1) is 33.9. The van der Waals surface area contributed by atoms with Gasteiger partial charge in [-0.05, 0) is 91.5 Å². The molecule has 2 atom stereocenters. The van der Waals surface area contributed by atoms with Crippen LogP contribution in [0.25, 0.3) is 22.0 Å². The van der Waals surface area contributed by atoms with Gasteiger partial charge in [0, 0.05) is 42.0 Å². The molecule has 2 amide bonds. The Balaban J connectivity index is 1.11. The SMILES string of the molecule is COc1cc2c(c(OC)c1OC)-c1ccc(NCCCCCC(=O)NC3CCCc4c3[nH]c3ccccc43)c(=O)cc1[C@@H](NC(C)=O)CC2. The molecule has 0 aliphatic heterocycles. The van der Waals surface area contributed by atoms with Gasteiger partial charge in [-0.25, -0.2) is 0 Å². The molecule has 0 spiro atoms. The van der Waals surface area contributed by atoms with Crippen molar-refractivity contribution in [2.24, 2.45) is 0 Å². The van der Waals surface area contributed by atoms with Crippen molar-refractivity contribution in [2.45, 2.75) is 76.8 Å². The van der Waals surface area contributed by atoms with E-state index in [1.807, 2.05) is 18.2 Å². The number of rotatable bonds is 12. The van der Waals surface area contributed by atoms with E-state index < -0.39 is 0 Å². The molecule has 6 rings (SSSR count). The Bertz CT molecular complexity index is 1920. The Kier molecular flexibility index (Phi) is 10.4. The van der Waals surface area contributed by atoms with Gasteiger partial charge in [0.05, 0.1) is 39.1 Å². The van der Waals surface area contributed by atoms with E-state index in [1.54, 1.807) is 33.5 Å². The van der Waals surface area contributed by atoms with Crippen molar-refractivity contribution >= 4 is 28.4 Å². The van der Waals surface area contributed by atoms with Gasteiger partial charge in [-0.15, -0.1) is 0 Å². The maximum absolute atomic E-state index is 13.6. The number of carbonyl (C=O) groups is 2. The summed E-state index contributed by atoms with van der Waals surface area (Å²) in [5.74, 6) is 1.44. The molecule has 1 heterocycles. The van der Waals surface area contributed by atoms with E-state index >= 15 is 0 Å². The van der Waals surface area contributed by atoms with Crippen LogP contribution in [0, 0.1) is 0 Å². The predicted octanol–water partition coefficient (Wildman–Crippen LogP) is 6.51. The van der Waals surface area contributed by atoms with Gasteiger partial charge in [-0.2, -0.15) is 0 Å². The van der Waals surface area contributed by atoms with Crippen molar-refractivity contribution in [3.63, 3.8) is 0 Å². The van der Waals surface area contributed by atoms with Crippen LogP contribution < -0.4 is 35.6 Å². The summed E-state index contributed by atoms with van der Waals surface area (Å²) in [6.45, 7) is 2.07. The van der Waals surface area contributed by atoms with Crippen molar-refractivity contribution < 1.29 is 23.8 Å². The number of H-pyrrole nitrogens is 1. The quantitative estimate of drug-likeness (QED) is 0.127. The highest BCUT2D eigenvalue weighted by atomic mass is 16.5. The Labute approximate surface area is 286 Å². The number of hydrogen-bond acceptors (Lipinski definition) is 7. The smallest absolute Gasteiger partial charge is 0.220 e. The summed E-state index contributed by atoms with van der Waals surface area (Å²) in [7, 11) is 4.74. The highest BCUT2D eigenvalue weighted by Crippen LogP contribution is 2.50. The summed E-state index contributed by atoms with van der Waals surface area (Å²) in [6.07, 6.45) is 7.16. The number of para-hydroxylation sites is 1. The minimum atomic E-state index is -0.364. The molecule has 10 heteroatoms. The lowest BCUT2D eigenvalue weighted by Gasteiger charge is -2.24. The van der Waals surface area contributed by atoms with Crippen LogP contribution in [-0.4, -0.2) is 44.7 Å². The Morgan fingerprint density at radius 1 is 0.878 bits per heavy atom. The molecule has 2 aliphatic rings. The fraction of sp³-hybridized carbons (Fsp3) is 0.410. The molecule has 2 aliphatic carbocycles. The second-order valence-electron chi connectivity index (χ2n) is 12.9. The van der Waals surface area contributed by atoms with Gasteiger partial charge in [0.25, 0.3) is 0 Å². The number of anilines is 1. The summed E-state index contributed by atoms with van der Waals surface area (Å²) >= 11 is 0. The van der Waals surface area contributed by atoms with Crippen LogP contribution in [0.15, 0.2) is 53.3 Å². The molecule has 3 aromatic carbocycles. The third kappa shape index (κ3) is 7.09. The molecule has 0 saturated carbocycles. The molecule has 1 unspecified atom stereocenters. The summed E-state index contributed by atoms with van der Waals surface area (Å²) in [4.78, 5) is 42.2. The number of carbonyl (C=O) groups excluding carboxylic acids is 2. The standard InChI is InChI=1S/C39H46N4O6/c1-23(44)41-30-18-16-24-21-34(47-2)38(48-3)39(49-4)36(24)26-17-19-31(33(45)22-28(26)30)40-20-9-5-6-15-35(46)42-32-14-10-12-27-25-11-7-8-13-29(25)43-37(27)32/h7-8,11,13,17,19,21-22,30,32,43H,5-6,9-10,12,14-16,18,20H2,1-4H3,(H,40,45)(H,41,44)(H,42,46)/t30-,32?/m0/s1. The largest absolute Gasteiger partial charge is 0.493 e. The first-order valence-corrected chi connectivity index (χ1v) is 17.2. The first-order chi connectivity index (χ1) is 23.8. The zero-order chi connectivity index (χ0) is 34.5.